The first-order valence-corrected chi connectivity index (χ1v) is 8.76. The van der Waals surface area contributed by atoms with Crippen LogP contribution < -0.4 is 26.8 Å². The topological polar surface area (TPSA) is 148 Å². The lowest BCUT2D eigenvalue weighted by Gasteiger charge is -2.09. The molecule has 0 unspecified atom stereocenters. The van der Waals surface area contributed by atoms with Gasteiger partial charge in [-0.25, -0.2) is 9.59 Å². The van der Waals surface area contributed by atoms with Gasteiger partial charge >= 0.3 is 18.3 Å². The molecule has 0 aliphatic rings. The Morgan fingerprint density at radius 2 is 1.68 bits per heavy atom. The maximum atomic E-state index is 12.6. The average molecular weight is 434 g/mol. The molecule has 3 rings (SSSR count). The van der Waals surface area contributed by atoms with E-state index in [1.165, 1.54) is 0 Å². The van der Waals surface area contributed by atoms with Crippen molar-refractivity contribution in [1.82, 2.24) is 9.97 Å². The number of carbonyl (C=O) groups excluding carboxylic acids is 2. The van der Waals surface area contributed by atoms with Gasteiger partial charge in [0.15, 0.2) is 5.82 Å². The Kier molecular flexibility index (Phi) is 6.00. The third-order valence-corrected chi connectivity index (χ3v) is 3.98. The number of rotatable bonds is 5. The molecule has 9 nitrogen and oxygen atoms in total. The highest BCUT2D eigenvalue weighted by molar-refractivity contribution is 6.00. The Morgan fingerprint density at radius 3 is 2.26 bits per heavy atom. The summed E-state index contributed by atoms with van der Waals surface area (Å²) in [5.74, 6) is 0.0278. The van der Waals surface area contributed by atoms with Crippen LogP contribution in [0.5, 0.6) is 5.88 Å². The summed E-state index contributed by atoms with van der Waals surface area (Å²) in [5, 5.41) is 4.75. The lowest BCUT2D eigenvalue weighted by Crippen LogP contribution is -2.22. The van der Waals surface area contributed by atoms with E-state index in [2.05, 4.69) is 20.6 Å². The lowest BCUT2D eigenvalue weighted by molar-refractivity contribution is -0.137. The van der Waals surface area contributed by atoms with Crippen LogP contribution in [0.2, 0.25) is 0 Å². The number of hydrogen-bond donors (Lipinski definition) is 5. The molecular weight excluding hydrogens is 417 g/mol. The van der Waals surface area contributed by atoms with Crippen molar-refractivity contribution >= 4 is 29.3 Å². The molecule has 1 heterocycles. The molecule has 0 radical (unpaired) electrons. The average Bonchev–Trinajstić information content (AvgIpc) is 3.03. The molecule has 2 aromatic carbocycles. The maximum Gasteiger partial charge on any atom is 0.416 e. The molecule has 31 heavy (non-hydrogen) atoms. The van der Waals surface area contributed by atoms with Crippen molar-refractivity contribution in [3.05, 3.63) is 65.5 Å². The molecule has 0 aliphatic heterocycles. The van der Waals surface area contributed by atoms with Gasteiger partial charge in [0.05, 0.1) is 5.56 Å². The molecule has 0 atom stereocenters. The zero-order valence-corrected chi connectivity index (χ0v) is 15.8. The fourth-order valence-corrected chi connectivity index (χ4v) is 2.59. The molecule has 12 heteroatoms. The number of benzene rings is 2. The first-order valence-electron chi connectivity index (χ1n) is 8.76. The number of anilines is 3. The first-order chi connectivity index (χ1) is 14.6. The van der Waals surface area contributed by atoms with Crippen LogP contribution in [-0.2, 0) is 12.6 Å². The number of carbonyl (C=O) groups is 2. The Bertz CT molecular complexity index is 1080. The zero-order valence-electron chi connectivity index (χ0n) is 15.8. The number of nitrogens with zero attached hydrogens (tertiary/aromatic N) is 1. The second-order valence-electron chi connectivity index (χ2n) is 6.36. The molecular formula is C19H17F3N6O3. The third-order valence-electron chi connectivity index (χ3n) is 3.98. The van der Waals surface area contributed by atoms with Crippen molar-refractivity contribution < 1.29 is 27.5 Å². The van der Waals surface area contributed by atoms with E-state index in [9.17, 15) is 22.8 Å². The van der Waals surface area contributed by atoms with E-state index in [4.69, 9.17) is 16.2 Å². The van der Waals surface area contributed by atoms with Gasteiger partial charge in [-0.15, -0.1) is 0 Å². The Hall–Kier alpha value is -4.22. The van der Waals surface area contributed by atoms with Gasteiger partial charge < -0.3 is 26.5 Å². The molecule has 0 bridgehead atoms. The number of nitrogens with two attached hydrogens (primary N) is 2. The van der Waals surface area contributed by atoms with Crippen molar-refractivity contribution in [3.8, 4) is 5.88 Å². The number of aromatic nitrogens is 2. The van der Waals surface area contributed by atoms with Crippen LogP contribution in [0.25, 0.3) is 0 Å². The molecule has 0 aliphatic carbocycles. The van der Waals surface area contributed by atoms with E-state index < -0.39 is 23.9 Å². The minimum Gasteiger partial charge on any atom is -0.399 e. The summed E-state index contributed by atoms with van der Waals surface area (Å²) in [5.41, 5.74) is 11.4. The Labute approximate surface area is 173 Å². The first kappa shape index (κ1) is 21.5. The highest BCUT2D eigenvalue weighted by Gasteiger charge is 2.30. The van der Waals surface area contributed by atoms with Gasteiger partial charge in [0, 0.05) is 17.8 Å². The summed E-state index contributed by atoms with van der Waals surface area (Å²) < 4.78 is 42.7. The number of imidazole rings is 1. The van der Waals surface area contributed by atoms with E-state index in [0.717, 1.165) is 29.8 Å². The molecule has 1 aromatic heterocycles. The van der Waals surface area contributed by atoms with Gasteiger partial charge in [-0.1, -0.05) is 12.1 Å². The van der Waals surface area contributed by atoms with Crippen LogP contribution in [0, 0.1) is 0 Å². The fraction of sp³-hybridized carbons (Fsp3) is 0.105. The van der Waals surface area contributed by atoms with E-state index >= 15 is 0 Å². The van der Waals surface area contributed by atoms with Crippen molar-refractivity contribution in [3.63, 3.8) is 0 Å². The molecule has 0 saturated carbocycles. The summed E-state index contributed by atoms with van der Waals surface area (Å²) in [6.07, 6.45) is -5.33. The second kappa shape index (κ2) is 8.65. The number of aromatic amines is 1. The Morgan fingerprint density at radius 1 is 1.03 bits per heavy atom. The summed E-state index contributed by atoms with van der Waals surface area (Å²) in [6.45, 7) is 0. The minimum absolute atomic E-state index is 0.0614. The van der Waals surface area contributed by atoms with Gasteiger partial charge in [-0.05, 0) is 42.0 Å². The number of amides is 3. The number of hydrogen-bond acceptors (Lipinski definition) is 5. The van der Waals surface area contributed by atoms with Gasteiger partial charge in [0.2, 0.25) is 0 Å². The van der Waals surface area contributed by atoms with Crippen LogP contribution in [0.15, 0.2) is 48.5 Å². The molecule has 162 valence electrons. The largest absolute Gasteiger partial charge is 0.416 e. The molecule has 0 spiro atoms. The molecule has 3 aromatic rings. The van der Waals surface area contributed by atoms with Crippen LogP contribution in [-0.4, -0.2) is 22.1 Å². The summed E-state index contributed by atoms with van der Waals surface area (Å²) in [4.78, 5) is 30.2. The van der Waals surface area contributed by atoms with E-state index in [-0.39, 0.29) is 17.4 Å². The molecule has 3 amide bonds. The van der Waals surface area contributed by atoms with E-state index in [1.54, 1.807) is 24.3 Å². The number of ether oxygens (including phenoxy) is 1. The monoisotopic (exact) mass is 434 g/mol. The van der Waals surface area contributed by atoms with E-state index in [0.29, 0.717) is 17.9 Å². The van der Waals surface area contributed by atoms with Crippen LogP contribution in [0.3, 0.4) is 0 Å². The second-order valence-corrected chi connectivity index (χ2v) is 6.36. The summed E-state index contributed by atoms with van der Waals surface area (Å²) in [6, 6.07) is 10.0. The quantitative estimate of drug-likeness (QED) is 0.388. The number of primary amides is 1. The molecule has 7 N–H and O–H groups in total. The SMILES string of the molecule is NC(=O)Oc1nc(Cc2ccc(N)cc2)[nH]c1NC(=O)Nc1ccc(C(F)(F)F)cc1. The minimum atomic E-state index is -4.49. The zero-order chi connectivity index (χ0) is 22.6. The summed E-state index contributed by atoms with van der Waals surface area (Å²) >= 11 is 0. The van der Waals surface area contributed by atoms with Gasteiger partial charge in [-0.2, -0.15) is 18.2 Å². The van der Waals surface area contributed by atoms with E-state index in [1.807, 2.05) is 0 Å². The highest BCUT2D eigenvalue weighted by atomic mass is 19.4. The standard InChI is InChI=1S/C19H17F3N6O3/c20-19(21,22)11-3-7-13(8-4-11)25-18(30)28-15-16(31-17(24)29)27-14(26-15)9-10-1-5-12(23)6-2-10/h1-8H,9,23H2,(H2,24,29)(H,26,27)(H2,25,28,30). The number of urea groups is 1. The number of halogens is 3. The Balaban J connectivity index is 1.72. The van der Waals surface area contributed by atoms with Crippen molar-refractivity contribution in [2.24, 2.45) is 5.73 Å². The highest BCUT2D eigenvalue weighted by Crippen LogP contribution is 2.30. The normalized spacial score (nSPS) is 11.1. The predicted octanol–water partition coefficient (Wildman–Crippen LogP) is 3.70. The lowest BCUT2D eigenvalue weighted by atomic mass is 10.1. The predicted molar refractivity (Wildman–Crippen MR) is 107 cm³/mol. The number of H-pyrrole nitrogens is 1. The molecule has 0 fully saturated rings. The van der Waals surface area contributed by atoms with Gasteiger partial charge in [0.1, 0.15) is 5.82 Å². The van der Waals surface area contributed by atoms with Crippen molar-refractivity contribution in [2.75, 3.05) is 16.4 Å². The van der Waals surface area contributed by atoms with Crippen molar-refractivity contribution in [1.29, 1.82) is 0 Å². The van der Waals surface area contributed by atoms with Crippen molar-refractivity contribution in [2.45, 2.75) is 12.6 Å². The third kappa shape index (κ3) is 5.88. The van der Waals surface area contributed by atoms with Crippen LogP contribution >= 0.6 is 0 Å². The summed E-state index contributed by atoms with van der Waals surface area (Å²) in [7, 11) is 0. The molecule has 0 saturated heterocycles. The van der Waals surface area contributed by atoms with Crippen LogP contribution in [0.4, 0.5) is 40.0 Å². The smallest absolute Gasteiger partial charge is 0.399 e. The number of nitrogens with one attached hydrogen (secondary N) is 3. The fourth-order valence-electron chi connectivity index (χ4n) is 2.59. The van der Waals surface area contributed by atoms with Gasteiger partial charge in [0.25, 0.3) is 5.88 Å². The van der Waals surface area contributed by atoms with Gasteiger partial charge in [-0.3, -0.25) is 5.32 Å². The maximum absolute atomic E-state index is 12.6. The van der Waals surface area contributed by atoms with Crippen LogP contribution in [0.1, 0.15) is 17.0 Å². The number of alkyl halides is 3. The number of nitrogen functional groups attached to an aromatic ring is 1.